The average molecular weight is 724 g/mol. The fourth-order valence-electron chi connectivity index (χ4n) is 5.65. The number of nitrogens with two attached hydrogens (primary N) is 1. The Hall–Kier alpha value is -3.71. The molecule has 12 heteroatoms. The van der Waals surface area contributed by atoms with Crippen molar-refractivity contribution in [1.29, 1.82) is 0 Å². The molecule has 0 saturated carbocycles. The maximum atomic E-state index is 14.6. The van der Waals surface area contributed by atoms with E-state index in [9.17, 15) is 18.0 Å². The molecule has 1 saturated heterocycles. The lowest BCUT2D eigenvalue weighted by Gasteiger charge is -2.38. The van der Waals surface area contributed by atoms with E-state index in [-0.39, 0.29) is 17.3 Å². The first-order chi connectivity index (χ1) is 21.6. The minimum absolute atomic E-state index is 0.00418. The quantitative estimate of drug-likeness (QED) is 0.186. The molecule has 232 valence electrons. The van der Waals surface area contributed by atoms with Gasteiger partial charge < -0.3 is 15.5 Å². The highest BCUT2D eigenvalue weighted by molar-refractivity contribution is 9.10. The Labute approximate surface area is 278 Å². The van der Waals surface area contributed by atoms with Crippen LogP contribution in [-0.4, -0.2) is 57.9 Å². The molecule has 1 aliphatic rings. The summed E-state index contributed by atoms with van der Waals surface area (Å²) in [6, 6.07) is 24.2. The minimum Gasteiger partial charge on any atom is -0.366 e. The van der Waals surface area contributed by atoms with Crippen molar-refractivity contribution in [3.05, 3.63) is 110 Å². The highest BCUT2D eigenvalue weighted by Gasteiger charge is 2.31. The summed E-state index contributed by atoms with van der Waals surface area (Å²) < 4.78 is 32.2. The molecule has 0 bridgehead atoms. The molecule has 2 aromatic heterocycles. The molecule has 45 heavy (non-hydrogen) atoms. The van der Waals surface area contributed by atoms with E-state index < -0.39 is 15.9 Å². The number of thiophene rings is 2. The van der Waals surface area contributed by atoms with Gasteiger partial charge in [0.1, 0.15) is 4.88 Å². The van der Waals surface area contributed by atoms with Gasteiger partial charge in [0.2, 0.25) is 0 Å². The van der Waals surface area contributed by atoms with Crippen LogP contribution in [0.1, 0.15) is 30.5 Å². The smallest absolute Gasteiger partial charge is 0.265 e. The highest BCUT2D eigenvalue weighted by Crippen LogP contribution is 2.37. The molecule has 8 nitrogen and oxygen atoms in total. The maximum absolute atomic E-state index is 14.6. The minimum atomic E-state index is -4.04. The molecule has 0 radical (unpaired) electrons. The van der Waals surface area contributed by atoms with Crippen LogP contribution in [0.25, 0.3) is 10.1 Å². The number of carbonyl (C=O) groups excluding carboxylic acids is 2. The number of para-hydroxylation sites is 2. The van der Waals surface area contributed by atoms with Gasteiger partial charge in [-0.15, -0.1) is 22.7 Å². The summed E-state index contributed by atoms with van der Waals surface area (Å²) in [6.45, 7) is 4.18. The van der Waals surface area contributed by atoms with Crippen LogP contribution in [0.3, 0.4) is 0 Å². The predicted molar refractivity (Wildman–Crippen MR) is 186 cm³/mol. The van der Waals surface area contributed by atoms with Crippen LogP contribution in [0.5, 0.6) is 0 Å². The summed E-state index contributed by atoms with van der Waals surface area (Å²) in [5.41, 5.74) is 8.66. The van der Waals surface area contributed by atoms with Gasteiger partial charge in [0.05, 0.1) is 21.1 Å². The van der Waals surface area contributed by atoms with Gasteiger partial charge in [0.25, 0.3) is 21.8 Å². The molecule has 5 aromatic rings. The number of sulfonamides is 1. The SMILES string of the molecule is Cc1c(C(N)=O)sc2ccc(S(=O)(=O)N(CCc3ccccc3)c3ccccc3N3CCN(C(=O)c4sccc4Br)CC3)cc12. The molecule has 2 amide bonds. The molecule has 0 atom stereocenters. The normalized spacial score (nSPS) is 13.7. The number of amides is 2. The van der Waals surface area contributed by atoms with Gasteiger partial charge >= 0.3 is 0 Å². The molecule has 0 unspecified atom stereocenters. The Balaban J connectivity index is 1.34. The van der Waals surface area contributed by atoms with Crippen molar-refractivity contribution < 1.29 is 18.0 Å². The number of hydrogen-bond donors (Lipinski definition) is 1. The molecular formula is C33H31BrN4O4S3. The number of carbonyl (C=O) groups is 2. The van der Waals surface area contributed by atoms with Gasteiger partial charge in [0.15, 0.2) is 0 Å². The van der Waals surface area contributed by atoms with Crippen LogP contribution in [0.2, 0.25) is 0 Å². The molecule has 3 aromatic carbocycles. The number of nitrogens with zero attached hydrogens (tertiary/aromatic N) is 3. The number of piperazine rings is 1. The van der Waals surface area contributed by atoms with E-state index in [1.165, 1.54) is 27.0 Å². The number of halogens is 1. The second-order valence-corrected chi connectivity index (χ2v) is 15.4. The number of rotatable bonds is 9. The zero-order valence-electron chi connectivity index (χ0n) is 24.5. The van der Waals surface area contributed by atoms with Gasteiger partial charge in [-0.05, 0) is 87.6 Å². The van der Waals surface area contributed by atoms with Gasteiger partial charge in [-0.1, -0.05) is 42.5 Å². The third-order valence-electron chi connectivity index (χ3n) is 8.04. The first-order valence-electron chi connectivity index (χ1n) is 14.4. The molecule has 0 spiro atoms. The van der Waals surface area contributed by atoms with Crippen molar-refractivity contribution in [2.45, 2.75) is 18.2 Å². The number of anilines is 2. The molecular weight excluding hydrogens is 692 g/mol. The summed E-state index contributed by atoms with van der Waals surface area (Å²) in [7, 11) is -4.04. The third kappa shape index (κ3) is 6.24. The van der Waals surface area contributed by atoms with E-state index in [1.54, 1.807) is 25.1 Å². The van der Waals surface area contributed by atoms with Crippen LogP contribution in [-0.2, 0) is 16.4 Å². The van der Waals surface area contributed by atoms with Gasteiger partial charge in [0, 0.05) is 41.9 Å². The van der Waals surface area contributed by atoms with E-state index in [0.717, 1.165) is 20.4 Å². The Morgan fingerprint density at radius 1 is 0.933 bits per heavy atom. The predicted octanol–water partition coefficient (Wildman–Crippen LogP) is 6.53. The van der Waals surface area contributed by atoms with Gasteiger partial charge in [-0.25, -0.2) is 8.42 Å². The Morgan fingerprint density at radius 3 is 2.33 bits per heavy atom. The Kier molecular flexibility index (Phi) is 9.00. The standard InChI is InChI=1S/C33H31BrN4O4S3/c1-22-25-21-24(11-12-29(25)44-30(22)32(35)39)45(41,42)38(15-13-23-7-3-2-4-8-23)28-10-6-5-9-27(28)36-16-18-37(19-17-36)33(40)31-26(34)14-20-43-31/h2-12,14,20-21H,13,15-19H2,1H3,(H2,35,39). The number of primary amides is 1. The van der Waals surface area contributed by atoms with Crippen molar-refractivity contribution in [3.63, 3.8) is 0 Å². The first-order valence-corrected chi connectivity index (χ1v) is 18.3. The summed E-state index contributed by atoms with van der Waals surface area (Å²) in [5.74, 6) is -0.531. The summed E-state index contributed by atoms with van der Waals surface area (Å²) in [6.07, 6.45) is 0.512. The molecule has 6 rings (SSSR count). The Bertz CT molecular complexity index is 1980. The fourth-order valence-corrected chi connectivity index (χ4v) is 9.71. The number of benzene rings is 3. The van der Waals surface area contributed by atoms with Crippen LogP contribution < -0.4 is 14.9 Å². The van der Waals surface area contributed by atoms with Crippen LogP contribution >= 0.6 is 38.6 Å². The van der Waals surface area contributed by atoms with Crippen molar-refractivity contribution >= 4 is 81.9 Å². The number of fused-ring (bicyclic) bond motifs is 1. The molecule has 2 N–H and O–H groups in total. The lowest BCUT2D eigenvalue weighted by atomic mass is 10.1. The monoisotopic (exact) mass is 722 g/mol. The summed E-state index contributed by atoms with van der Waals surface area (Å²) in [5, 5.41) is 2.59. The van der Waals surface area contributed by atoms with E-state index in [1.807, 2.05) is 70.9 Å². The van der Waals surface area contributed by atoms with Crippen molar-refractivity contribution in [3.8, 4) is 0 Å². The van der Waals surface area contributed by atoms with E-state index in [4.69, 9.17) is 5.73 Å². The zero-order valence-corrected chi connectivity index (χ0v) is 28.5. The van der Waals surface area contributed by atoms with Gasteiger partial charge in [-0.3, -0.25) is 13.9 Å². The second-order valence-electron chi connectivity index (χ2n) is 10.8. The highest BCUT2D eigenvalue weighted by atomic mass is 79.9. The molecule has 3 heterocycles. The van der Waals surface area contributed by atoms with Gasteiger partial charge in [-0.2, -0.15) is 0 Å². The van der Waals surface area contributed by atoms with Crippen LogP contribution in [0, 0.1) is 6.92 Å². The lowest BCUT2D eigenvalue weighted by molar-refractivity contribution is 0.0750. The molecule has 0 aliphatic carbocycles. The van der Waals surface area contributed by atoms with Crippen molar-refractivity contribution in [1.82, 2.24) is 4.90 Å². The number of aryl methyl sites for hydroxylation is 1. The largest absolute Gasteiger partial charge is 0.366 e. The van der Waals surface area contributed by atoms with Crippen molar-refractivity contribution in [2.24, 2.45) is 5.73 Å². The van der Waals surface area contributed by atoms with E-state index in [2.05, 4.69) is 20.8 Å². The van der Waals surface area contributed by atoms with Crippen LogP contribution in [0.4, 0.5) is 11.4 Å². The summed E-state index contributed by atoms with van der Waals surface area (Å²) >= 11 is 6.15. The van der Waals surface area contributed by atoms with E-state index in [0.29, 0.717) is 59.0 Å². The fraction of sp³-hybridized carbons (Fsp3) is 0.212. The topological polar surface area (TPSA) is 104 Å². The Morgan fingerprint density at radius 2 is 1.64 bits per heavy atom. The van der Waals surface area contributed by atoms with E-state index >= 15 is 0 Å². The average Bonchev–Trinajstić information content (AvgIpc) is 3.64. The third-order valence-corrected chi connectivity index (χ3v) is 13.0. The van der Waals surface area contributed by atoms with Crippen molar-refractivity contribution in [2.75, 3.05) is 41.9 Å². The summed E-state index contributed by atoms with van der Waals surface area (Å²) in [4.78, 5) is 30.4. The number of hydrogen-bond acceptors (Lipinski definition) is 7. The maximum Gasteiger partial charge on any atom is 0.265 e. The van der Waals surface area contributed by atoms with Crippen LogP contribution in [0.15, 0.2) is 93.6 Å². The zero-order chi connectivity index (χ0) is 31.7. The lowest BCUT2D eigenvalue weighted by Crippen LogP contribution is -2.49. The first kappa shape index (κ1) is 31.3. The molecule has 1 aliphatic heterocycles. The second kappa shape index (κ2) is 13.0. The molecule has 1 fully saturated rings.